The maximum atomic E-state index is 12.6. The van der Waals surface area contributed by atoms with Crippen LogP contribution >= 0.6 is 0 Å². The van der Waals surface area contributed by atoms with Gasteiger partial charge in [0.05, 0.1) is 12.2 Å². The van der Waals surface area contributed by atoms with Gasteiger partial charge >= 0.3 is 5.97 Å². The Labute approximate surface area is 167 Å². The van der Waals surface area contributed by atoms with Gasteiger partial charge in [0.1, 0.15) is 5.60 Å². The Morgan fingerprint density at radius 3 is 2.50 bits per heavy atom. The summed E-state index contributed by atoms with van der Waals surface area (Å²) in [4.78, 5) is 12.6. The number of ether oxygens (including phenoxy) is 1. The van der Waals surface area contributed by atoms with Gasteiger partial charge in [-0.1, -0.05) is 62.8 Å². The predicted molar refractivity (Wildman–Crippen MR) is 110 cm³/mol. The number of hydrogen-bond acceptors (Lipinski definition) is 4. The van der Waals surface area contributed by atoms with Crippen molar-refractivity contribution >= 4 is 12.0 Å². The zero-order chi connectivity index (χ0) is 20.5. The number of carbonyl (C=O) groups is 1. The van der Waals surface area contributed by atoms with Gasteiger partial charge < -0.3 is 14.9 Å². The Balaban J connectivity index is 1.85. The summed E-state index contributed by atoms with van der Waals surface area (Å²) in [6, 6.07) is 9.56. The van der Waals surface area contributed by atoms with E-state index in [1.807, 2.05) is 44.2 Å². The molecular weight excluding hydrogens is 352 g/mol. The third-order valence-electron chi connectivity index (χ3n) is 6.87. The number of rotatable bonds is 4. The molecule has 1 fully saturated rings. The van der Waals surface area contributed by atoms with E-state index in [9.17, 15) is 15.0 Å². The quantitative estimate of drug-likeness (QED) is 0.465. The summed E-state index contributed by atoms with van der Waals surface area (Å²) in [5, 5.41) is 21.6. The largest absolute Gasteiger partial charge is 0.453 e. The molecule has 0 aliphatic heterocycles. The topological polar surface area (TPSA) is 66.8 Å². The summed E-state index contributed by atoms with van der Waals surface area (Å²) in [6.07, 6.45) is 5.49. The lowest BCUT2D eigenvalue weighted by Gasteiger charge is -2.57. The second-order valence-corrected chi connectivity index (χ2v) is 9.02. The number of fused-ring (bicyclic) bond motifs is 1. The van der Waals surface area contributed by atoms with Crippen LogP contribution in [0.25, 0.3) is 6.08 Å². The highest BCUT2D eigenvalue weighted by atomic mass is 16.6. The van der Waals surface area contributed by atoms with Crippen molar-refractivity contribution in [3.63, 3.8) is 0 Å². The Morgan fingerprint density at radius 2 is 1.86 bits per heavy atom. The van der Waals surface area contributed by atoms with Crippen molar-refractivity contribution < 1.29 is 19.7 Å². The lowest BCUT2D eigenvalue weighted by molar-refractivity contribution is -0.225. The number of carbonyl (C=O) groups excluding carboxylic acids is 1. The highest BCUT2D eigenvalue weighted by molar-refractivity contribution is 5.87. The number of esters is 1. The smallest absolute Gasteiger partial charge is 0.331 e. The lowest BCUT2D eigenvalue weighted by atomic mass is 9.53. The van der Waals surface area contributed by atoms with Crippen LogP contribution in [-0.2, 0) is 9.53 Å². The lowest BCUT2D eigenvalue weighted by Crippen LogP contribution is -2.64. The van der Waals surface area contributed by atoms with Crippen LogP contribution in [0, 0.1) is 17.3 Å². The fourth-order valence-corrected chi connectivity index (χ4v) is 4.81. The van der Waals surface area contributed by atoms with Gasteiger partial charge in [-0.3, -0.25) is 0 Å². The number of hydrogen-bond donors (Lipinski definition) is 2. The summed E-state index contributed by atoms with van der Waals surface area (Å²) < 4.78 is 5.91. The molecule has 0 radical (unpaired) electrons. The fraction of sp³-hybridized carbons (Fsp3) is 0.542. The molecule has 3 rings (SSSR count). The third-order valence-corrected chi connectivity index (χ3v) is 6.87. The summed E-state index contributed by atoms with van der Waals surface area (Å²) >= 11 is 0. The molecule has 4 nitrogen and oxygen atoms in total. The Hall–Kier alpha value is -1.91. The highest BCUT2D eigenvalue weighted by Gasteiger charge is 2.60. The van der Waals surface area contributed by atoms with Crippen LogP contribution in [0.5, 0.6) is 0 Å². The van der Waals surface area contributed by atoms with Crippen molar-refractivity contribution in [2.24, 2.45) is 17.3 Å². The second-order valence-electron chi connectivity index (χ2n) is 9.02. The number of aliphatic hydroxyl groups excluding tert-OH is 2. The molecule has 5 atom stereocenters. The van der Waals surface area contributed by atoms with Crippen LogP contribution in [0.1, 0.15) is 52.5 Å². The van der Waals surface area contributed by atoms with Gasteiger partial charge in [-0.25, -0.2) is 4.79 Å². The van der Waals surface area contributed by atoms with Gasteiger partial charge in [-0.05, 0) is 37.3 Å². The molecule has 2 aliphatic rings. The third kappa shape index (κ3) is 3.81. The molecule has 152 valence electrons. The van der Waals surface area contributed by atoms with E-state index >= 15 is 0 Å². The maximum Gasteiger partial charge on any atom is 0.331 e. The Bertz CT molecular complexity index is 766. The van der Waals surface area contributed by atoms with E-state index < -0.39 is 29.2 Å². The van der Waals surface area contributed by atoms with Crippen LogP contribution in [0.2, 0.25) is 0 Å². The van der Waals surface area contributed by atoms with Gasteiger partial charge in [0.25, 0.3) is 0 Å². The van der Waals surface area contributed by atoms with Gasteiger partial charge in [-0.15, -0.1) is 0 Å². The molecule has 0 aromatic heterocycles. The van der Waals surface area contributed by atoms with Crippen molar-refractivity contribution in [1.82, 2.24) is 0 Å². The van der Waals surface area contributed by atoms with E-state index in [4.69, 9.17) is 4.74 Å². The second kappa shape index (κ2) is 7.84. The van der Waals surface area contributed by atoms with E-state index in [2.05, 4.69) is 19.9 Å². The van der Waals surface area contributed by atoms with Crippen LogP contribution in [0.3, 0.4) is 0 Å². The van der Waals surface area contributed by atoms with Gasteiger partial charge in [0, 0.05) is 23.8 Å². The van der Waals surface area contributed by atoms with Crippen LogP contribution in [-0.4, -0.2) is 34.0 Å². The van der Waals surface area contributed by atoms with Crippen molar-refractivity contribution in [1.29, 1.82) is 0 Å². The van der Waals surface area contributed by atoms with E-state index in [1.165, 1.54) is 11.6 Å². The predicted octanol–water partition coefficient (Wildman–Crippen LogP) is 4.13. The van der Waals surface area contributed by atoms with Crippen LogP contribution < -0.4 is 0 Å². The molecule has 1 aromatic carbocycles. The van der Waals surface area contributed by atoms with E-state index in [1.54, 1.807) is 6.08 Å². The summed E-state index contributed by atoms with van der Waals surface area (Å²) in [6.45, 7) is 8.17. The summed E-state index contributed by atoms with van der Waals surface area (Å²) in [5.74, 6) is -0.223. The van der Waals surface area contributed by atoms with E-state index in [0.29, 0.717) is 12.3 Å². The normalized spacial score (nSPS) is 35.5. The summed E-state index contributed by atoms with van der Waals surface area (Å²) in [7, 11) is 0. The Kier molecular flexibility index (Phi) is 5.83. The molecule has 0 bridgehead atoms. The highest BCUT2D eigenvalue weighted by Crippen LogP contribution is 2.55. The molecule has 4 heteroatoms. The molecule has 0 saturated heterocycles. The fourth-order valence-electron chi connectivity index (χ4n) is 4.81. The first-order chi connectivity index (χ1) is 13.2. The number of benzene rings is 1. The van der Waals surface area contributed by atoms with Crippen molar-refractivity contribution in [2.45, 2.75) is 64.8 Å². The molecule has 1 saturated carbocycles. The molecule has 2 N–H and O–H groups in total. The molecule has 0 amide bonds. The standard InChI is InChI=1S/C24H32O4/c1-16(2)18-12-13-23(3)19(14-18)24(4,21(26)15-20(23)25)28-22(27)11-10-17-8-6-5-7-9-17/h5-12,16,19-21,25-26H,13-15H2,1-4H3/b11-10+/t19?,20-,21-,23-,24-/m1/s1. The first-order valence-corrected chi connectivity index (χ1v) is 10.2. The zero-order valence-corrected chi connectivity index (χ0v) is 17.3. The Morgan fingerprint density at radius 1 is 1.18 bits per heavy atom. The first-order valence-electron chi connectivity index (χ1n) is 10.2. The van der Waals surface area contributed by atoms with E-state index in [0.717, 1.165) is 12.0 Å². The molecule has 28 heavy (non-hydrogen) atoms. The van der Waals surface area contributed by atoms with Crippen molar-refractivity contribution in [2.75, 3.05) is 0 Å². The molecular formula is C24H32O4. The molecule has 0 heterocycles. The average Bonchev–Trinajstić information content (AvgIpc) is 2.66. The van der Waals surface area contributed by atoms with Gasteiger partial charge in [-0.2, -0.15) is 0 Å². The maximum absolute atomic E-state index is 12.6. The number of allylic oxidation sites excluding steroid dienone is 2. The van der Waals surface area contributed by atoms with Gasteiger partial charge in [0.2, 0.25) is 0 Å². The minimum absolute atomic E-state index is 0.143. The molecule has 1 aromatic rings. The van der Waals surface area contributed by atoms with E-state index in [-0.39, 0.29) is 12.3 Å². The first kappa shape index (κ1) is 20.8. The van der Waals surface area contributed by atoms with Gasteiger partial charge in [0.15, 0.2) is 0 Å². The molecule has 0 spiro atoms. The average molecular weight is 385 g/mol. The zero-order valence-electron chi connectivity index (χ0n) is 17.3. The van der Waals surface area contributed by atoms with Crippen molar-refractivity contribution in [3.05, 3.63) is 53.6 Å². The summed E-state index contributed by atoms with van der Waals surface area (Å²) in [5.41, 5.74) is 0.749. The minimum atomic E-state index is -1.04. The number of aliphatic hydroxyl groups is 2. The SMILES string of the molecule is CC(C)C1=CC[C@]2(C)C(C1)[C@@](C)(OC(=O)/C=C/c1ccccc1)[C@H](O)C[C@H]2O. The molecule has 2 aliphatic carbocycles. The van der Waals surface area contributed by atoms with Crippen LogP contribution in [0.15, 0.2) is 48.1 Å². The monoisotopic (exact) mass is 384 g/mol. The minimum Gasteiger partial charge on any atom is -0.453 e. The molecule has 1 unspecified atom stereocenters. The van der Waals surface area contributed by atoms with Crippen LogP contribution in [0.4, 0.5) is 0 Å². The van der Waals surface area contributed by atoms with Crippen molar-refractivity contribution in [3.8, 4) is 0 Å².